The Balaban J connectivity index is 1.53. The Hall–Kier alpha value is -3.77. The lowest BCUT2D eigenvalue weighted by Crippen LogP contribution is -2.07. The van der Waals surface area contributed by atoms with Gasteiger partial charge in [0.2, 0.25) is 17.4 Å². The maximum absolute atomic E-state index is 14.2. The Morgan fingerprint density at radius 3 is 1.94 bits per heavy atom. The van der Waals surface area contributed by atoms with Gasteiger partial charge in [0, 0.05) is 6.08 Å². The average molecular weight is 436 g/mol. The van der Waals surface area contributed by atoms with Gasteiger partial charge in [0.15, 0.2) is 5.75 Å². The van der Waals surface area contributed by atoms with Crippen molar-refractivity contribution >= 4 is 18.1 Å². The molecule has 0 aliphatic carbocycles. The number of carbonyl (C=O) groups is 1. The zero-order valence-electron chi connectivity index (χ0n) is 17.7. The fourth-order valence-corrected chi connectivity index (χ4v) is 2.64. The van der Waals surface area contributed by atoms with Crippen LogP contribution in [0.2, 0.25) is 0 Å². The van der Waals surface area contributed by atoms with Crippen molar-refractivity contribution in [1.29, 1.82) is 0 Å². The molecular weight excluding hydrogens is 414 g/mol. The van der Waals surface area contributed by atoms with Crippen LogP contribution in [0.25, 0.3) is 12.2 Å². The molecule has 0 aliphatic heterocycles. The van der Waals surface area contributed by atoms with E-state index in [0.29, 0.717) is 0 Å². The Kier molecular flexibility index (Phi) is 7.89. The lowest BCUT2D eigenvalue weighted by atomic mass is 10.1. The first-order valence-corrected chi connectivity index (χ1v) is 9.89. The summed E-state index contributed by atoms with van der Waals surface area (Å²) in [4.78, 5) is 21.7. The summed E-state index contributed by atoms with van der Waals surface area (Å²) < 4.78 is 33.3. The number of ether oxygens (including phenoxy) is 1. The molecule has 0 N–H and O–H groups in total. The van der Waals surface area contributed by atoms with Crippen molar-refractivity contribution < 1.29 is 28.1 Å². The minimum absolute atomic E-state index is 0.0233. The average Bonchev–Trinajstić information content (AvgIpc) is 2.79. The molecule has 0 heterocycles. The highest BCUT2D eigenvalue weighted by molar-refractivity contribution is 5.88. The zero-order chi connectivity index (χ0) is 22.9. The van der Waals surface area contributed by atoms with Gasteiger partial charge in [-0.2, -0.15) is 13.7 Å². The predicted octanol–water partition coefficient (Wildman–Crippen LogP) is 6.22. The lowest BCUT2D eigenvalue weighted by molar-refractivity contribution is -0.198. The van der Waals surface area contributed by atoms with E-state index in [2.05, 4.69) is 0 Å². The molecule has 0 spiro atoms. The van der Waals surface area contributed by atoms with Crippen molar-refractivity contribution in [3.05, 3.63) is 107 Å². The van der Waals surface area contributed by atoms with E-state index in [1.807, 2.05) is 68.5 Å². The van der Waals surface area contributed by atoms with E-state index in [1.165, 1.54) is 6.08 Å². The normalized spacial score (nSPS) is 11.2. The minimum atomic E-state index is -1.35. The molecule has 4 nitrogen and oxygen atoms in total. The van der Waals surface area contributed by atoms with Crippen LogP contribution in [0.15, 0.2) is 72.8 Å². The topological polar surface area (TPSA) is 44.8 Å². The molecule has 0 aromatic heterocycles. The fourth-order valence-electron chi connectivity index (χ4n) is 2.64. The molecule has 0 saturated carbocycles. The number of rotatable bonds is 8. The summed E-state index contributed by atoms with van der Waals surface area (Å²) in [7, 11) is 0. The summed E-state index contributed by atoms with van der Waals surface area (Å²) in [5.41, 5.74) is 3.97. The smallest absolute Gasteiger partial charge is 0.336 e. The molecule has 3 aromatic rings. The van der Waals surface area contributed by atoms with E-state index in [9.17, 15) is 13.6 Å². The standard InChI is InChI=1S/C26H22F2O4/c1-18-5-9-20(10-6-18)4-3-17-30-32-23-15-14-22(25(27)26(23)28)31-24(29)16-13-21-11-7-19(2)8-12-21/h3-16H,17H2,1-2H3/b4-3+,16-13+. The highest BCUT2D eigenvalue weighted by Crippen LogP contribution is 2.28. The van der Waals surface area contributed by atoms with Crippen LogP contribution in [-0.2, 0) is 9.68 Å². The van der Waals surface area contributed by atoms with E-state index in [1.54, 1.807) is 6.08 Å². The monoisotopic (exact) mass is 436 g/mol. The number of halogens is 2. The van der Waals surface area contributed by atoms with Gasteiger partial charge in [0.1, 0.15) is 6.61 Å². The second-order valence-corrected chi connectivity index (χ2v) is 7.04. The second-order valence-electron chi connectivity index (χ2n) is 7.04. The molecule has 6 heteroatoms. The highest BCUT2D eigenvalue weighted by atomic mass is 19.2. The van der Waals surface area contributed by atoms with Crippen LogP contribution in [-0.4, -0.2) is 12.6 Å². The molecule has 0 bridgehead atoms. The highest BCUT2D eigenvalue weighted by Gasteiger charge is 2.18. The third-order valence-electron chi connectivity index (χ3n) is 4.41. The first-order valence-electron chi connectivity index (χ1n) is 9.89. The van der Waals surface area contributed by atoms with Crippen molar-refractivity contribution in [3.8, 4) is 11.5 Å². The van der Waals surface area contributed by atoms with E-state index in [4.69, 9.17) is 14.5 Å². The molecule has 3 aromatic carbocycles. The number of aryl methyl sites for hydroxylation is 2. The molecular formula is C26H22F2O4. The molecule has 0 saturated heterocycles. The number of benzene rings is 3. The van der Waals surface area contributed by atoms with Crippen molar-refractivity contribution in [1.82, 2.24) is 0 Å². The van der Waals surface area contributed by atoms with E-state index < -0.39 is 29.1 Å². The third kappa shape index (κ3) is 6.62. The fraction of sp³-hybridized carbons (Fsp3) is 0.115. The van der Waals surface area contributed by atoms with Crippen LogP contribution in [0.1, 0.15) is 22.3 Å². The molecule has 0 fully saturated rings. The molecule has 32 heavy (non-hydrogen) atoms. The number of hydrogen-bond acceptors (Lipinski definition) is 4. The number of esters is 1. The summed E-state index contributed by atoms with van der Waals surface area (Å²) in [6.45, 7) is 3.96. The van der Waals surface area contributed by atoms with Crippen LogP contribution in [0.3, 0.4) is 0 Å². The third-order valence-corrected chi connectivity index (χ3v) is 4.41. The maximum Gasteiger partial charge on any atom is 0.336 e. The van der Waals surface area contributed by atoms with Crippen molar-refractivity contribution in [2.45, 2.75) is 13.8 Å². The van der Waals surface area contributed by atoms with Crippen LogP contribution in [0, 0.1) is 25.5 Å². The van der Waals surface area contributed by atoms with Gasteiger partial charge in [-0.05, 0) is 43.2 Å². The van der Waals surface area contributed by atoms with Gasteiger partial charge in [-0.15, -0.1) is 0 Å². The quantitative estimate of drug-likeness (QED) is 0.105. The summed E-state index contributed by atoms with van der Waals surface area (Å²) in [6.07, 6.45) is 6.14. The first kappa shape index (κ1) is 22.9. The van der Waals surface area contributed by atoms with E-state index in [0.717, 1.165) is 40.5 Å². The molecule has 0 aliphatic rings. The van der Waals surface area contributed by atoms with E-state index in [-0.39, 0.29) is 6.61 Å². The van der Waals surface area contributed by atoms with Crippen molar-refractivity contribution in [3.63, 3.8) is 0 Å². The van der Waals surface area contributed by atoms with Gasteiger partial charge in [0.25, 0.3) is 0 Å². The Bertz CT molecular complexity index is 1120. The minimum Gasteiger partial charge on any atom is -0.420 e. The molecule has 164 valence electrons. The van der Waals surface area contributed by atoms with E-state index >= 15 is 0 Å². The van der Waals surface area contributed by atoms with Crippen LogP contribution < -0.4 is 9.62 Å². The summed E-state index contributed by atoms with van der Waals surface area (Å²) in [5.74, 6) is -4.51. The van der Waals surface area contributed by atoms with Crippen LogP contribution in [0.5, 0.6) is 11.5 Å². The van der Waals surface area contributed by atoms with Crippen molar-refractivity contribution in [2.75, 3.05) is 6.61 Å². The second kappa shape index (κ2) is 11.0. The molecule has 0 unspecified atom stereocenters. The molecule has 3 rings (SSSR count). The van der Waals surface area contributed by atoms with Crippen molar-refractivity contribution in [2.24, 2.45) is 0 Å². The molecule has 0 atom stereocenters. The van der Waals surface area contributed by atoms with Gasteiger partial charge in [-0.1, -0.05) is 71.8 Å². The summed E-state index contributed by atoms with van der Waals surface area (Å²) >= 11 is 0. The first-order chi connectivity index (χ1) is 15.4. The predicted molar refractivity (Wildman–Crippen MR) is 119 cm³/mol. The van der Waals surface area contributed by atoms with Crippen LogP contribution in [0.4, 0.5) is 8.78 Å². The Labute approximate surface area is 185 Å². The molecule has 0 amide bonds. The van der Waals surface area contributed by atoms with Crippen LogP contribution >= 0.6 is 0 Å². The van der Waals surface area contributed by atoms with Gasteiger partial charge < -0.3 is 9.62 Å². The lowest BCUT2D eigenvalue weighted by Gasteiger charge is -2.08. The van der Waals surface area contributed by atoms with Gasteiger partial charge in [0.05, 0.1) is 0 Å². The van der Waals surface area contributed by atoms with Gasteiger partial charge in [-0.25, -0.2) is 4.79 Å². The van der Waals surface area contributed by atoms with Gasteiger partial charge >= 0.3 is 5.97 Å². The number of hydrogen-bond donors (Lipinski definition) is 0. The van der Waals surface area contributed by atoms with Gasteiger partial charge in [-0.3, -0.25) is 0 Å². The number of carbonyl (C=O) groups excluding carboxylic acids is 1. The summed E-state index contributed by atoms with van der Waals surface area (Å²) in [5, 5.41) is 0. The largest absolute Gasteiger partial charge is 0.420 e. The summed E-state index contributed by atoms with van der Waals surface area (Å²) in [6, 6.07) is 17.5. The Morgan fingerprint density at radius 1 is 0.781 bits per heavy atom. The Morgan fingerprint density at radius 2 is 1.31 bits per heavy atom. The molecule has 0 radical (unpaired) electrons. The zero-order valence-corrected chi connectivity index (χ0v) is 17.7. The SMILES string of the molecule is Cc1ccc(/C=C/COOc2ccc(OC(=O)/C=C/c3ccc(C)cc3)c(F)c2F)cc1. The maximum atomic E-state index is 14.2.